The van der Waals surface area contributed by atoms with E-state index in [0.29, 0.717) is 0 Å². The van der Waals surface area contributed by atoms with E-state index in [1.165, 1.54) is 48.1 Å². The largest absolute Gasteiger partial charge is 0.371 e. The Balaban J connectivity index is 2.12. The van der Waals surface area contributed by atoms with Gasteiger partial charge in [-0.05, 0) is 71.6 Å². The summed E-state index contributed by atoms with van der Waals surface area (Å²) in [6.45, 7) is 9.07. The highest BCUT2D eigenvalue weighted by atomic mass is 79.9. The Morgan fingerprint density at radius 1 is 1.20 bits per heavy atom. The monoisotopic (exact) mass is 338 g/mol. The lowest BCUT2D eigenvalue weighted by Gasteiger charge is -2.25. The van der Waals surface area contributed by atoms with E-state index in [4.69, 9.17) is 5.73 Å². The van der Waals surface area contributed by atoms with Gasteiger partial charge in [-0.1, -0.05) is 19.9 Å². The summed E-state index contributed by atoms with van der Waals surface area (Å²) in [4.78, 5) is 2.53. The zero-order valence-corrected chi connectivity index (χ0v) is 14.5. The van der Waals surface area contributed by atoms with Gasteiger partial charge in [0.15, 0.2) is 0 Å². The van der Waals surface area contributed by atoms with Gasteiger partial charge in [-0.3, -0.25) is 0 Å². The number of rotatable bonds is 3. The van der Waals surface area contributed by atoms with Crippen LogP contribution in [0.5, 0.6) is 0 Å². The zero-order valence-electron chi connectivity index (χ0n) is 12.9. The summed E-state index contributed by atoms with van der Waals surface area (Å²) in [7, 11) is 0. The first-order chi connectivity index (χ1) is 9.49. The summed E-state index contributed by atoms with van der Waals surface area (Å²) in [5, 5.41) is 0. The molecule has 1 aromatic carbocycles. The third kappa shape index (κ3) is 3.76. The van der Waals surface area contributed by atoms with Crippen LogP contribution < -0.4 is 10.6 Å². The van der Waals surface area contributed by atoms with Crippen molar-refractivity contribution in [3.8, 4) is 0 Å². The Kier molecular flexibility index (Phi) is 5.50. The molecule has 112 valence electrons. The van der Waals surface area contributed by atoms with Crippen molar-refractivity contribution in [1.29, 1.82) is 0 Å². The maximum Gasteiger partial charge on any atom is 0.0510 e. The van der Waals surface area contributed by atoms with E-state index in [-0.39, 0.29) is 6.04 Å². The molecule has 2 rings (SSSR count). The number of benzene rings is 1. The van der Waals surface area contributed by atoms with Crippen LogP contribution in [0.1, 0.15) is 51.6 Å². The number of nitrogens with two attached hydrogens (primary N) is 1. The molecular weight excluding hydrogens is 312 g/mol. The molecule has 1 aliphatic heterocycles. The highest BCUT2D eigenvalue weighted by Crippen LogP contribution is 2.32. The predicted molar refractivity (Wildman–Crippen MR) is 91.1 cm³/mol. The zero-order chi connectivity index (χ0) is 14.7. The molecule has 1 heterocycles. The summed E-state index contributed by atoms with van der Waals surface area (Å²) in [6, 6.07) is 6.65. The van der Waals surface area contributed by atoms with Crippen molar-refractivity contribution in [2.45, 2.75) is 46.1 Å². The molecule has 0 radical (unpaired) electrons. The van der Waals surface area contributed by atoms with Crippen LogP contribution in [0.15, 0.2) is 22.7 Å². The van der Waals surface area contributed by atoms with Crippen molar-refractivity contribution in [3.05, 3.63) is 28.2 Å². The minimum absolute atomic E-state index is 0.0924. The number of anilines is 1. The lowest BCUT2D eigenvalue weighted by molar-refractivity contribution is 0.351. The van der Waals surface area contributed by atoms with Crippen LogP contribution in [0.25, 0.3) is 0 Å². The lowest BCUT2D eigenvalue weighted by Crippen LogP contribution is -2.25. The molecule has 20 heavy (non-hydrogen) atoms. The highest BCUT2D eigenvalue weighted by molar-refractivity contribution is 9.10. The van der Waals surface area contributed by atoms with Gasteiger partial charge >= 0.3 is 0 Å². The fourth-order valence-corrected chi connectivity index (χ4v) is 3.74. The molecule has 1 saturated heterocycles. The molecule has 1 aromatic rings. The minimum atomic E-state index is 0.0924. The van der Waals surface area contributed by atoms with Crippen molar-refractivity contribution in [2.75, 3.05) is 18.0 Å². The van der Waals surface area contributed by atoms with Gasteiger partial charge in [-0.15, -0.1) is 0 Å². The van der Waals surface area contributed by atoms with Crippen LogP contribution in [0.3, 0.4) is 0 Å². The fraction of sp³-hybridized carbons (Fsp3) is 0.647. The van der Waals surface area contributed by atoms with Crippen molar-refractivity contribution in [3.63, 3.8) is 0 Å². The third-order valence-electron chi connectivity index (χ3n) is 4.55. The summed E-state index contributed by atoms with van der Waals surface area (Å²) in [6.07, 6.45) is 3.97. The van der Waals surface area contributed by atoms with Gasteiger partial charge in [0.25, 0.3) is 0 Å². The van der Waals surface area contributed by atoms with Crippen molar-refractivity contribution in [1.82, 2.24) is 0 Å². The average Bonchev–Trinajstić information content (AvgIpc) is 2.64. The van der Waals surface area contributed by atoms with E-state index in [1.807, 2.05) is 6.92 Å². The molecular formula is C17H27BrN2. The van der Waals surface area contributed by atoms with Gasteiger partial charge < -0.3 is 10.6 Å². The van der Waals surface area contributed by atoms with Crippen molar-refractivity contribution >= 4 is 21.6 Å². The van der Waals surface area contributed by atoms with Crippen LogP contribution in [0, 0.1) is 11.8 Å². The summed E-state index contributed by atoms with van der Waals surface area (Å²) < 4.78 is 1.18. The predicted octanol–water partition coefficient (Wildman–Crippen LogP) is 4.73. The van der Waals surface area contributed by atoms with Gasteiger partial charge in [0.1, 0.15) is 0 Å². The Bertz CT molecular complexity index is 443. The van der Waals surface area contributed by atoms with Crippen LogP contribution in [0.2, 0.25) is 0 Å². The first-order valence-corrected chi connectivity index (χ1v) is 8.58. The second-order valence-electron chi connectivity index (χ2n) is 6.42. The van der Waals surface area contributed by atoms with Crippen molar-refractivity contribution in [2.24, 2.45) is 17.6 Å². The van der Waals surface area contributed by atoms with E-state index in [1.54, 1.807) is 0 Å². The second kappa shape index (κ2) is 6.95. The van der Waals surface area contributed by atoms with Gasteiger partial charge in [0.05, 0.1) is 5.69 Å². The maximum atomic E-state index is 5.95. The third-order valence-corrected chi connectivity index (χ3v) is 5.19. The van der Waals surface area contributed by atoms with Crippen LogP contribution in [0.4, 0.5) is 5.69 Å². The van der Waals surface area contributed by atoms with Crippen molar-refractivity contribution < 1.29 is 0 Å². The van der Waals surface area contributed by atoms with Crippen LogP contribution in [-0.2, 0) is 0 Å². The Morgan fingerprint density at radius 2 is 1.95 bits per heavy atom. The number of hydrogen-bond acceptors (Lipinski definition) is 2. The van der Waals surface area contributed by atoms with Gasteiger partial charge in [-0.2, -0.15) is 0 Å². The molecule has 2 atom stereocenters. The molecule has 0 amide bonds. The van der Waals surface area contributed by atoms with Crippen LogP contribution in [-0.4, -0.2) is 13.1 Å². The molecule has 1 aliphatic rings. The van der Waals surface area contributed by atoms with E-state index >= 15 is 0 Å². The van der Waals surface area contributed by atoms with Gasteiger partial charge in [0, 0.05) is 23.6 Å². The minimum Gasteiger partial charge on any atom is -0.371 e. The summed E-state index contributed by atoms with van der Waals surface area (Å²) in [5.41, 5.74) is 8.46. The summed E-state index contributed by atoms with van der Waals surface area (Å²) in [5.74, 6) is 1.68. The number of halogens is 1. The molecule has 0 bridgehead atoms. The average molecular weight is 339 g/mol. The smallest absolute Gasteiger partial charge is 0.0510 e. The fourth-order valence-electron chi connectivity index (χ4n) is 3.09. The SMILES string of the molecule is CC(N)c1ccc(N2CCCC(C(C)C)CC2)c(Br)c1. The molecule has 0 spiro atoms. The van der Waals surface area contributed by atoms with E-state index < -0.39 is 0 Å². The Morgan fingerprint density at radius 3 is 2.55 bits per heavy atom. The van der Waals surface area contributed by atoms with Crippen LogP contribution >= 0.6 is 15.9 Å². The topological polar surface area (TPSA) is 29.3 Å². The first kappa shape index (κ1) is 15.8. The molecule has 3 heteroatoms. The maximum absolute atomic E-state index is 5.95. The van der Waals surface area contributed by atoms with E-state index in [2.05, 4.69) is 52.9 Å². The normalized spacial score (nSPS) is 21.9. The van der Waals surface area contributed by atoms with E-state index in [9.17, 15) is 0 Å². The molecule has 2 unspecified atom stereocenters. The number of hydrogen-bond donors (Lipinski definition) is 1. The highest BCUT2D eigenvalue weighted by Gasteiger charge is 2.20. The first-order valence-electron chi connectivity index (χ1n) is 7.79. The molecule has 0 aliphatic carbocycles. The quantitative estimate of drug-likeness (QED) is 0.862. The van der Waals surface area contributed by atoms with E-state index in [0.717, 1.165) is 11.8 Å². The second-order valence-corrected chi connectivity index (χ2v) is 7.28. The molecule has 1 fully saturated rings. The summed E-state index contributed by atoms with van der Waals surface area (Å²) >= 11 is 3.72. The Labute approximate surface area is 131 Å². The molecule has 0 aromatic heterocycles. The molecule has 2 nitrogen and oxygen atoms in total. The molecule has 2 N–H and O–H groups in total. The van der Waals surface area contributed by atoms with Gasteiger partial charge in [-0.25, -0.2) is 0 Å². The number of nitrogens with zero attached hydrogens (tertiary/aromatic N) is 1. The Hall–Kier alpha value is -0.540. The lowest BCUT2D eigenvalue weighted by atomic mass is 9.89. The standard InChI is InChI=1S/C17H27BrN2/c1-12(2)14-5-4-9-20(10-8-14)17-7-6-15(13(3)19)11-16(17)18/h6-7,11-14H,4-5,8-10,19H2,1-3H3. The molecule has 0 saturated carbocycles. The van der Waals surface area contributed by atoms with Gasteiger partial charge in [0.2, 0.25) is 0 Å².